The zero-order chi connectivity index (χ0) is 16.6. The van der Waals surface area contributed by atoms with E-state index in [4.69, 9.17) is 27.9 Å². The molecule has 0 unspecified atom stereocenters. The first-order valence-electron chi connectivity index (χ1n) is 7.54. The molecular weight excluding hydrogens is 331 g/mol. The minimum atomic E-state index is 0.387. The van der Waals surface area contributed by atoms with Crippen LogP contribution in [0.25, 0.3) is 10.9 Å². The van der Waals surface area contributed by atoms with Gasteiger partial charge in [-0.15, -0.1) is 0 Å². The van der Waals surface area contributed by atoms with Crippen LogP contribution in [-0.4, -0.2) is 9.55 Å². The zero-order valence-corrected chi connectivity index (χ0v) is 14.9. The summed E-state index contributed by atoms with van der Waals surface area (Å²) in [5.41, 5.74) is 4.63. The molecule has 3 aromatic rings. The number of nitrogens with zero attached hydrogens (tertiary/aromatic N) is 2. The fraction of sp³-hybridized carbons (Fsp3) is 0.278. The summed E-state index contributed by atoms with van der Waals surface area (Å²) in [7, 11) is 0. The van der Waals surface area contributed by atoms with Crippen molar-refractivity contribution < 1.29 is 4.74 Å². The molecule has 5 heteroatoms. The van der Waals surface area contributed by atoms with Crippen molar-refractivity contribution in [3.8, 4) is 5.75 Å². The number of fused-ring (bicyclic) bond motifs is 1. The van der Waals surface area contributed by atoms with E-state index in [2.05, 4.69) is 36.4 Å². The fourth-order valence-electron chi connectivity index (χ4n) is 2.89. The minimum absolute atomic E-state index is 0.387. The Kier molecular flexibility index (Phi) is 4.51. The largest absolute Gasteiger partial charge is 0.487 e. The van der Waals surface area contributed by atoms with E-state index >= 15 is 0 Å². The van der Waals surface area contributed by atoms with E-state index in [1.54, 1.807) is 12.1 Å². The second kappa shape index (κ2) is 6.42. The van der Waals surface area contributed by atoms with Crippen molar-refractivity contribution >= 4 is 34.1 Å². The standard InChI is InChI=1S/C18H18Cl2N2O/c1-4-22-12(3)11(2)14-7-8-21-17(18(14)22)10-23-13-5-6-15(19)16(20)9-13/h5-9H,4,10H2,1-3H3. The van der Waals surface area contributed by atoms with Crippen molar-refractivity contribution in [3.05, 3.63) is 57.5 Å². The fourth-order valence-corrected chi connectivity index (χ4v) is 3.17. The molecule has 0 N–H and O–H groups in total. The maximum atomic E-state index is 6.03. The number of ether oxygens (including phenoxy) is 1. The molecule has 3 rings (SSSR count). The summed E-state index contributed by atoms with van der Waals surface area (Å²) in [4.78, 5) is 4.52. The van der Waals surface area contributed by atoms with Crippen LogP contribution in [0.4, 0.5) is 0 Å². The molecule has 0 saturated carbocycles. The van der Waals surface area contributed by atoms with Gasteiger partial charge in [0.2, 0.25) is 0 Å². The number of hydrogen-bond donors (Lipinski definition) is 0. The Labute approximate surface area is 145 Å². The Morgan fingerprint density at radius 3 is 2.61 bits per heavy atom. The normalized spacial score (nSPS) is 11.2. The summed E-state index contributed by atoms with van der Waals surface area (Å²) in [6.45, 7) is 7.72. The van der Waals surface area contributed by atoms with Crippen LogP contribution in [0.5, 0.6) is 5.75 Å². The molecule has 0 bridgehead atoms. The monoisotopic (exact) mass is 348 g/mol. The highest BCUT2D eigenvalue weighted by Crippen LogP contribution is 2.29. The highest BCUT2D eigenvalue weighted by Gasteiger charge is 2.14. The molecule has 3 nitrogen and oxygen atoms in total. The lowest BCUT2D eigenvalue weighted by Crippen LogP contribution is -2.04. The zero-order valence-electron chi connectivity index (χ0n) is 13.4. The highest BCUT2D eigenvalue weighted by atomic mass is 35.5. The van der Waals surface area contributed by atoms with Crippen molar-refractivity contribution in [2.75, 3.05) is 0 Å². The van der Waals surface area contributed by atoms with Crippen molar-refractivity contribution in [2.45, 2.75) is 33.9 Å². The molecule has 0 aliphatic heterocycles. The number of aryl methyl sites for hydroxylation is 2. The van der Waals surface area contributed by atoms with Crippen LogP contribution < -0.4 is 4.74 Å². The van der Waals surface area contributed by atoms with Gasteiger partial charge in [-0.3, -0.25) is 4.98 Å². The quantitative estimate of drug-likeness (QED) is 0.617. The minimum Gasteiger partial charge on any atom is -0.487 e. The Morgan fingerprint density at radius 1 is 1.13 bits per heavy atom. The lowest BCUT2D eigenvalue weighted by molar-refractivity contribution is 0.302. The average Bonchev–Trinajstić information content (AvgIpc) is 2.80. The van der Waals surface area contributed by atoms with Crippen molar-refractivity contribution in [3.63, 3.8) is 0 Å². The van der Waals surface area contributed by atoms with Crippen LogP contribution in [0.15, 0.2) is 30.5 Å². The number of pyridine rings is 1. The third-order valence-electron chi connectivity index (χ3n) is 4.20. The number of rotatable bonds is 4. The average molecular weight is 349 g/mol. The maximum absolute atomic E-state index is 6.03. The van der Waals surface area contributed by atoms with Gasteiger partial charge in [0.25, 0.3) is 0 Å². The molecule has 2 heterocycles. The summed E-state index contributed by atoms with van der Waals surface area (Å²) < 4.78 is 8.15. The van der Waals surface area contributed by atoms with Crippen LogP contribution >= 0.6 is 23.2 Å². The van der Waals surface area contributed by atoms with Crippen LogP contribution in [0.3, 0.4) is 0 Å². The Morgan fingerprint density at radius 2 is 1.91 bits per heavy atom. The Balaban J connectivity index is 1.97. The molecular formula is C18H18Cl2N2O. The Hall–Kier alpha value is -1.71. The van der Waals surface area contributed by atoms with Gasteiger partial charge in [0, 0.05) is 29.9 Å². The van der Waals surface area contributed by atoms with Crippen LogP contribution in [0, 0.1) is 13.8 Å². The van der Waals surface area contributed by atoms with E-state index in [1.165, 1.54) is 16.6 Å². The lowest BCUT2D eigenvalue weighted by Gasteiger charge is -2.10. The number of benzene rings is 1. The summed E-state index contributed by atoms with van der Waals surface area (Å²) in [5.74, 6) is 0.682. The summed E-state index contributed by atoms with van der Waals surface area (Å²) in [5, 5.41) is 2.23. The first-order chi connectivity index (χ1) is 11.0. The van der Waals surface area contributed by atoms with Gasteiger partial charge in [0.1, 0.15) is 18.1 Å². The van der Waals surface area contributed by atoms with Crippen LogP contribution in [-0.2, 0) is 13.2 Å². The van der Waals surface area contributed by atoms with Crippen LogP contribution in [0.1, 0.15) is 23.9 Å². The third kappa shape index (κ3) is 2.91. The molecule has 0 amide bonds. The third-order valence-corrected chi connectivity index (χ3v) is 4.94. The van der Waals surface area contributed by atoms with Gasteiger partial charge in [-0.1, -0.05) is 23.2 Å². The summed E-state index contributed by atoms with van der Waals surface area (Å²) in [6, 6.07) is 7.33. The molecule has 1 aromatic carbocycles. The second-order valence-corrected chi connectivity index (χ2v) is 6.29. The maximum Gasteiger partial charge on any atom is 0.132 e. The topological polar surface area (TPSA) is 27.1 Å². The molecule has 2 aromatic heterocycles. The van der Waals surface area contributed by atoms with Crippen LogP contribution in [0.2, 0.25) is 10.0 Å². The second-order valence-electron chi connectivity index (χ2n) is 5.47. The Bertz CT molecular complexity index is 871. The van der Waals surface area contributed by atoms with E-state index in [0.29, 0.717) is 22.4 Å². The molecule has 0 atom stereocenters. The van der Waals surface area contributed by atoms with Gasteiger partial charge in [-0.2, -0.15) is 0 Å². The van der Waals surface area contributed by atoms with Gasteiger partial charge in [-0.25, -0.2) is 0 Å². The smallest absolute Gasteiger partial charge is 0.132 e. The van der Waals surface area contributed by atoms with Gasteiger partial charge in [-0.05, 0) is 44.5 Å². The van der Waals surface area contributed by atoms with Crippen molar-refractivity contribution in [1.29, 1.82) is 0 Å². The summed E-state index contributed by atoms with van der Waals surface area (Å²) in [6.07, 6.45) is 1.84. The van der Waals surface area contributed by atoms with Gasteiger partial charge >= 0.3 is 0 Å². The van der Waals surface area contributed by atoms with Crippen molar-refractivity contribution in [1.82, 2.24) is 9.55 Å². The molecule has 23 heavy (non-hydrogen) atoms. The van der Waals surface area contributed by atoms with E-state index in [0.717, 1.165) is 17.8 Å². The molecule has 0 fully saturated rings. The SMILES string of the molecule is CCn1c(C)c(C)c2ccnc(COc3ccc(Cl)c(Cl)c3)c21. The first kappa shape index (κ1) is 16.2. The van der Waals surface area contributed by atoms with Crippen molar-refractivity contribution in [2.24, 2.45) is 0 Å². The van der Waals surface area contributed by atoms with Gasteiger partial charge in [0.15, 0.2) is 0 Å². The molecule has 0 radical (unpaired) electrons. The summed E-state index contributed by atoms with van der Waals surface area (Å²) >= 11 is 12.0. The van der Waals surface area contributed by atoms with E-state index in [9.17, 15) is 0 Å². The molecule has 0 spiro atoms. The molecule has 0 aliphatic rings. The number of hydrogen-bond acceptors (Lipinski definition) is 2. The van der Waals surface area contributed by atoms with E-state index < -0.39 is 0 Å². The predicted molar refractivity (Wildman–Crippen MR) is 95.7 cm³/mol. The highest BCUT2D eigenvalue weighted by molar-refractivity contribution is 6.42. The number of halogens is 2. The van der Waals surface area contributed by atoms with Gasteiger partial charge < -0.3 is 9.30 Å². The van der Waals surface area contributed by atoms with Gasteiger partial charge in [0.05, 0.1) is 15.6 Å². The number of aromatic nitrogens is 2. The van der Waals surface area contributed by atoms with E-state index in [-0.39, 0.29) is 0 Å². The lowest BCUT2D eigenvalue weighted by atomic mass is 10.2. The predicted octanol–water partition coefficient (Wildman–Crippen LogP) is 5.56. The van der Waals surface area contributed by atoms with E-state index in [1.807, 2.05) is 12.3 Å². The first-order valence-corrected chi connectivity index (χ1v) is 8.29. The molecule has 0 aliphatic carbocycles. The molecule has 120 valence electrons. The molecule has 0 saturated heterocycles.